The summed E-state index contributed by atoms with van der Waals surface area (Å²) in [6.45, 7) is -0.00111. The van der Waals surface area contributed by atoms with Gasteiger partial charge < -0.3 is 10.4 Å². The summed E-state index contributed by atoms with van der Waals surface area (Å²) in [5.41, 5.74) is 0.516. The van der Waals surface area contributed by atoms with Crippen LogP contribution in [0.4, 0.5) is 0 Å². The van der Waals surface area contributed by atoms with Crippen molar-refractivity contribution in [2.24, 2.45) is 0 Å². The maximum atomic E-state index is 11.9. The molecule has 0 unspecified atom stereocenters. The largest absolute Gasteiger partial charge is 0.481 e. The van der Waals surface area contributed by atoms with Crippen molar-refractivity contribution < 1.29 is 23.1 Å². The Kier molecular flexibility index (Phi) is 5.66. The van der Waals surface area contributed by atoms with Gasteiger partial charge in [-0.1, -0.05) is 12.1 Å². The van der Waals surface area contributed by atoms with Crippen LogP contribution in [-0.2, 0) is 26.0 Å². The van der Waals surface area contributed by atoms with Crippen molar-refractivity contribution in [2.45, 2.75) is 17.7 Å². The fourth-order valence-electron chi connectivity index (χ4n) is 1.47. The highest BCUT2D eigenvalue weighted by atomic mass is 32.2. The van der Waals surface area contributed by atoms with E-state index in [1.807, 2.05) is 0 Å². The highest BCUT2D eigenvalue weighted by molar-refractivity contribution is 7.89. The molecule has 3 N–H and O–H groups in total. The number of carboxylic acids is 1. The first-order valence-corrected chi connectivity index (χ1v) is 7.34. The smallest absolute Gasteiger partial charge is 0.307 e. The third-order valence-electron chi connectivity index (χ3n) is 2.51. The van der Waals surface area contributed by atoms with Gasteiger partial charge in [0.2, 0.25) is 15.9 Å². The molecule has 8 heteroatoms. The summed E-state index contributed by atoms with van der Waals surface area (Å²) in [6, 6.07) is 5.56. The van der Waals surface area contributed by atoms with Gasteiger partial charge in [0.05, 0.1) is 11.3 Å². The van der Waals surface area contributed by atoms with Crippen LogP contribution in [0.15, 0.2) is 29.2 Å². The van der Waals surface area contributed by atoms with Gasteiger partial charge >= 0.3 is 5.97 Å². The van der Waals surface area contributed by atoms with Crippen LogP contribution >= 0.6 is 0 Å². The zero-order chi connectivity index (χ0) is 15.2. The minimum Gasteiger partial charge on any atom is -0.481 e. The average Bonchev–Trinajstić information content (AvgIpc) is 2.38. The van der Waals surface area contributed by atoms with Crippen molar-refractivity contribution in [3.63, 3.8) is 0 Å². The maximum Gasteiger partial charge on any atom is 0.307 e. The van der Waals surface area contributed by atoms with E-state index in [0.29, 0.717) is 5.56 Å². The number of benzene rings is 1. The summed E-state index contributed by atoms with van der Waals surface area (Å²) in [5, 5.41) is 11.0. The molecule has 0 aliphatic heterocycles. The van der Waals surface area contributed by atoms with Gasteiger partial charge in [0.1, 0.15) is 0 Å². The minimum absolute atomic E-state index is 0.00111. The normalized spacial score (nSPS) is 11.1. The summed E-state index contributed by atoms with van der Waals surface area (Å²) in [6.07, 6.45) is -0.114. The summed E-state index contributed by atoms with van der Waals surface area (Å²) in [4.78, 5) is 21.5. The van der Waals surface area contributed by atoms with Crippen LogP contribution in [0.5, 0.6) is 0 Å². The molecule has 0 aromatic heterocycles. The van der Waals surface area contributed by atoms with Crippen LogP contribution in [0.1, 0.15) is 12.0 Å². The summed E-state index contributed by atoms with van der Waals surface area (Å²) < 4.78 is 26.0. The number of aliphatic carboxylic acids is 1. The van der Waals surface area contributed by atoms with E-state index >= 15 is 0 Å². The van der Waals surface area contributed by atoms with Gasteiger partial charge in [0.25, 0.3) is 0 Å². The standard InChI is InChI=1S/C12H16N2O5S/c1-13-11(15)6-7-14-20(18,19)10-4-2-9(3-5-10)8-12(16)17/h2-5,14H,6-8H2,1H3,(H,13,15)(H,16,17). The molecule has 0 spiro atoms. The molecular weight excluding hydrogens is 284 g/mol. The first-order chi connectivity index (χ1) is 9.35. The predicted octanol–water partition coefficient (Wildman–Crippen LogP) is -0.272. The average molecular weight is 300 g/mol. The lowest BCUT2D eigenvalue weighted by atomic mass is 10.2. The molecule has 0 aliphatic rings. The third-order valence-corrected chi connectivity index (χ3v) is 3.99. The highest BCUT2D eigenvalue weighted by Crippen LogP contribution is 2.11. The van der Waals surface area contributed by atoms with Crippen LogP contribution in [0.2, 0.25) is 0 Å². The molecule has 0 heterocycles. The number of nitrogens with one attached hydrogen (secondary N) is 2. The lowest BCUT2D eigenvalue weighted by Gasteiger charge is -2.07. The Morgan fingerprint density at radius 1 is 1.20 bits per heavy atom. The molecule has 7 nitrogen and oxygen atoms in total. The lowest BCUT2D eigenvalue weighted by Crippen LogP contribution is -2.29. The molecule has 1 aromatic carbocycles. The fourth-order valence-corrected chi connectivity index (χ4v) is 2.50. The van der Waals surface area contributed by atoms with Gasteiger partial charge in [0.15, 0.2) is 0 Å². The first kappa shape index (κ1) is 16.1. The predicted molar refractivity (Wildman–Crippen MR) is 71.7 cm³/mol. The van der Waals surface area contributed by atoms with E-state index in [0.717, 1.165) is 0 Å². The zero-order valence-corrected chi connectivity index (χ0v) is 11.7. The topological polar surface area (TPSA) is 113 Å². The van der Waals surface area contributed by atoms with Gasteiger partial charge in [-0.25, -0.2) is 13.1 Å². The monoisotopic (exact) mass is 300 g/mol. The molecule has 1 amide bonds. The Hall–Kier alpha value is -1.93. The molecule has 20 heavy (non-hydrogen) atoms. The number of carbonyl (C=O) groups is 2. The Morgan fingerprint density at radius 2 is 1.80 bits per heavy atom. The van der Waals surface area contributed by atoms with Gasteiger partial charge in [-0.05, 0) is 17.7 Å². The quantitative estimate of drug-likeness (QED) is 0.641. The van der Waals surface area contributed by atoms with Crippen LogP contribution in [0, 0.1) is 0 Å². The van der Waals surface area contributed by atoms with E-state index in [2.05, 4.69) is 10.0 Å². The SMILES string of the molecule is CNC(=O)CCNS(=O)(=O)c1ccc(CC(=O)O)cc1. The van der Waals surface area contributed by atoms with E-state index in [4.69, 9.17) is 5.11 Å². The van der Waals surface area contributed by atoms with Crippen LogP contribution < -0.4 is 10.0 Å². The summed E-state index contributed by atoms with van der Waals surface area (Å²) in [7, 11) is -2.22. The van der Waals surface area contributed by atoms with Crippen LogP contribution in [0.3, 0.4) is 0 Å². The van der Waals surface area contributed by atoms with Gasteiger partial charge in [-0.3, -0.25) is 9.59 Å². The molecule has 0 atom stereocenters. The number of sulfonamides is 1. The molecule has 110 valence electrons. The Balaban J connectivity index is 2.68. The van der Waals surface area contributed by atoms with Crippen molar-refractivity contribution in [2.75, 3.05) is 13.6 Å². The Labute approximate surface area is 117 Å². The van der Waals surface area contributed by atoms with Gasteiger partial charge in [-0.15, -0.1) is 0 Å². The van der Waals surface area contributed by atoms with Crippen molar-refractivity contribution in [3.8, 4) is 0 Å². The number of hydrogen-bond acceptors (Lipinski definition) is 4. The highest BCUT2D eigenvalue weighted by Gasteiger charge is 2.14. The van der Waals surface area contributed by atoms with E-state index in [-0.39, 0.29) is 30.2 Å². The number of amides is 1. The maximum absolute atomic E-state index is 11.9. The zero-order valence-electron chi connectivity index (χ0n) is 10.9. The molecule has 0 saturated carbocycles. The molecular formula is C12H16N2O5S. The molecule has 0 bridgehead atoms. The van der Waals surface area contributed by atoms with Crippen molar-refractivity contribution in [1.82, 2.24) is 10.0 Å². The van der Waals surface area contributed by atoms with Gasteiger partial charge in [0, 0.05) is 20.0 Å². The fraction of sp³-hybridized carbons (Fsp3) is 0.333. The van der Waals surface area contributed by atoms with Crippen LogP contribution in [-0.4, -0.2) is 39.0 Å². The van der Waals surface area contributed by atoms with Crippen molar-refractivity contribution >= 4 is 21.9 Å². The molecule has 1 aromatic rings. The van der Waals surface area contributed by atoms with E-state index < -0.39 is 16.0 Å². The van der Waals surface area contributed by atoms with Crippen LogP contribution in [0.25, 0.3) is 0 Å². The molecule has 0 fully saturated rings. The number of rotatable bonds is 7. The second kappa shape index (κ2) is 7.01. The molecule has 0 aliphatic carbocycles. The lowest BCUT2D eigenvalue weighted by molar-refractivity contribution is -0.136. The molecule has 1 rings (SSSR count). The molecule has 0 radical (unpaired) electrons. The second-order valence-corrected chi connectivity index (χ2v) is 5.80. The Morgan fingerprint density at radius 3 is 2.30 bits per heavy atom. The number of carboxylic acid groups (broad SMARTS) is 1. The van der Waals surface area contributed by atoms with E-state index in [1.165, 1.54) is 31.3 Å². The molecule has 0 saturated heterocycles. The number of carbonyl (C=O) groups excluding carboxylic acids is 1. The minimum atomic E-state index is -3.69. The van der Waals surface area contributed by atoms with Crippen molar-refractivity contribution in [3.05, 3.63) is 29.8 Å². The van der Waals surface area contributed by atoms with Gasteiger partial charge in [-0.2, -0.15) is 0 Å². The Bertz CT molecular complexity index is 580. The second-order valence-electron chi connectivity index (χ2n) is 4.04. The first-order valence-electron chi connectivity index (χ1n) is 5.86. The van der Waals surface area contributed by atoms with Crippen molar-refractivity contribution in [1.29, 1.82) is 0 Å². The van der Waals surface area contributed by atoms with E-state index in [1.54, 1.807) is 0 Å². The summed E-state index contributed by atoms with van der Waals surface area (Å²) >= 11 is 0. The summed E-state index contributed by atoms with van der Waals surface area (Å²) in [5.74, 6) is -1.24. The third kappa shape index (κ3) is 4.98. The van der Waals surface area contributed by atoms with E-state index in [9.17, 15) is 18.0 Å². The number of hydrogen-bond donors (Lipinski definition) is 3.